The number of rotatable bonds is 5. The van der Waals surface area contributed by atoms with Crippen LogP contribution < -0.4 is 0 Å². The second-order valence-electron chi connectivity index (χ2n) is 4.28. The van der Waals surface area contributed by atoms with Gasteiger partial charge in [-0.3, -0.25) is 0 Å². The zero-order valence-corrected chi connectivity index (χ0v) is 13.6. The number of thioether (sulfide) groups is 1. The molecule has 0 fully saturated rings. The Labute approximate surface area is 125 Å². The van der Waals surface area contributed by atoms with Crippen LogP contribution >= 0.6 is 39.3 Å². The second-order valence-corrected chi connectivity index (χ2v) is 6.74. The maximum Gasteiger partial charge on any atom is 0.124 e. The summed E-state index contributed by atoms with van der Waals surface area (Å²) >= 11 is 11.4. The number of nitrogens with zero attached hydrogens (tertiary/aromatic N) is 2. The van der Waals surface area contributed by atoms with Crippen LogP contribution in [-0.2, 0) is 12.4 Å². The molecule has 18 heavy (non-hydrogen) atoms. The molecule has 1 atom stereocenters. The molecule has 1 aromatic heterocycles. The molecule has 98 valence electrons. The third-order valence-corrected chi connectivity index (χ3v) is 4.84. The molecule has 2 rings (SSSR count). The minimum atomic E-state index is 0.458. The van der Waals surface area contributed by atoms with Gasteiger partial charge in [0.05, 0.1) is 16.9 Å². The Kier molecular flexibility index (Phi) is 4.98. The molecule has 1 aromatic carbocycles. The van der Waals surface area contributed by atoms with Gasteiger partial charge in [0, 0.05) is 16.3 Å². The van der Waals surface area contributed by atoms with Gasteiger partial charge in [0.15, 0.2) is 0 Å². The first kappa shape index (κ1) is 14.2. The summed E-state index contributed by atoms with van der Waals surface area (Å²) in [6, 6.07) is 6.16. The zero-order valence-electron chi connectivity index (χ0n) is 10.5. The quantitative estimate of drug-likeness (QED) is 0.731. The van der Waals surface area contributed by atoms with E-state index in [0.717, 1.165) is 34.3 Å². The van der Waals surface area contributed by atoms with E-state index < -0.39 is 0 Å². The molecule has 0 spiro atoms. The summed E-state index contributed by atoms with van der Waals surface area (Å²) in [5.41, 5.74) is 2.18. The Bertz CT molecular complexity index is 541. The summed E-state index contributed by atoms with van der Waals surface area (Å²) in [4.78, 5) is 4.58. The van der Waals surface area contributed by atoms with Gasteiger partial charge >= 0.3 is 0 Å². The zero-order chi connectivity index (χ0) is 13.1. The molecule has 5 heteroatoms. The fourth-order valence-corrected chi connectivity index (χ4v) is 2.82. The molecule has 0 N–H and O–H groups in total. The molecule has 0 bridgehead atoms. The molecule has 0 radical (unpaired) electrons. The summed E-state index contributed by atoms with van der Waals surface area (Å²) in [7, 11) is 0. The van der Waals surface area contributed by atoms with Crippen LogP contribution in [0.1, 0.15) is 19.2 Å². The van der Waals surface area contributed by atoms with Crippen LogP contribution in [-0.4, -0.2) is 21.1 Å². The molecule has 0 aliphatic carbocycles. The molecule has 1 unspecified atom stereocenters. The smallest absolute Gasteiger partial charge is 0.124 e. The topological polar surface area (TPSA) is 17.8 Å². The van der Waals surface area contributed by atoms with Gasteiger partial charge in [-0.25, -0.2) is 4.98 Å². The third-order valence-electron chi connectivity index (χ3n) is 3.07. The fraction of sp³-hybridized carbons (Fsp3) is 0.462. The van der Waals surface area contributed by atoms with Crippen LogP contribution in [0, 0.1) is 0 Å². The first-order chi connectivity index (χ1) is 8.65. The van der Waals surface area contributed by atoms with Crippen molar-refractivity contribution < 1.29 is 0 Å². The normalized spacial score (nSPS) is 13.1. The van der Waals surface area contributed by atoms with E-state index in [-0.39, 0.29) is 0 Å². The van der Waals surface area contributed by atoms with Gasteiger partial charge in [-0.15, -0.1) is 11.6 Å². The van der Waals surface area contributed by atoms with E-state index in [9.17, 15) is 0 Å². The summed E-state index contributed by atoms with van der Waals surface area (Å²) in [6.45, 7) is 3.22. The Hall–Kier alpha value is -0.190. The molecular formula is C13H16BrClN2S. The van der Waals surface area contributed by atoms with E-state index in [1.807, 2.05) is 23.9 Å². The molecular weight excluding hydrogens is 332 g/mol. The van der Waals surface area contributed by atoms with Gasteiger partial charge in [0.1, 0.15) is 5.82 Å². The Balaban J connectivity index is 2.36. The van der Waals surface area contributed by atoms with Crippen molar-refractivity contribution in [2.24, 2.45) is 0 Å². The van der Waals surface area contributed by atoms with Crippen LogP contribution in [0.5, 0.6) is 0 Å². The van der Waals surface area contributed by atoms with E-state index in [1.54, 1.807) is 0 Å². The van der Waals surface area contributed by atoms with Gasteiger partial charge in [0.2, 0.25) is 0 Å². The number of aryl methyl sites for hydroxylation is 1. The molecule has 2 aromatic rings. The van der Waals surface area contributed by atoms with Crippen molar-refractivity contribution in [3.8, 4) is 0 Å². The van der Waals surface area contributed by atoms with Crippen molar-refractivity contribution in [1.29, 1.82) is 0 Å². The van der Waals surface area contributed by atoms with Crippen molar-refractivity contribution >= 4 is 50.3 Å². The Morgan fingerprint density at radius 1 is 1.50 bits per heavy atom. The predicted octanol–water partition coefficient (Wildman–Crippen LogP) is 4.68. The first-order valence-corrected chi connectivity index (χ1v) is 8.50. The lowest BCUT2D eigenvalue weighted by atomic mass is 10.3. The summed E-state index contributed by atoms with van der Waals surface area (Å²) in [5, 5.41) is 0.651. The molecule has 0 amide bonds. The van der Waals surface area contributed by atoms with Crippen LogP contribution in [0.15, 0.2) is 22.7 Å². The summed E-state index contributed by atoms with van der Waals surface area (Å²) < 4.78 is 3.31. The summed E-state index contributed by atoms with van der Waals surface area (Å²) in [5.74, 6) is 1.41. The highest BCUT2D eigenvalue weighted by Crippen LogP contribution is 2.23. The van der Waals surface area contributed by atoms with E-state index in [2.05, 4.69) is 44.7 Å². The molecule has 0 aliphatic rings. The standard InChI is InChI=1S/C13H16BrClN2S/c1-9(18-2)5-6-17-12-7-10(14)3-4-11(12)16-13(17)8-15/h3-4,7,9H,5-6,8H2,1-2H3. The van der Waals surface area contributed by atoms with Gasteiger partial charge in [-0.05, 0) is 30.9 Å². The number of halogens is 2. The number of alkyl halides is 1. The Morgan fingerprint density at radius 3 is 2.94 bits per heavy atom. The maximum atomic E-state index is 5.99. The van der Waals surface area contributed by atoms with Gasteiger partial charge in [-0.2, -0.15) is 11.8 Å². The van der Waals surface area contributed by atoms with Crippen molar-refractivity contribution in [2.75, 3.05) is 6.26 Å². The van der Waals surface area contributed by atoms with Gasteiger partial charge < -0.3 is 4.57 Å². The second kappa shape index (κ2) is 6.31. The van der Waals surface area contributed by atoms with Crippen LogP contribution in [0.3, 0.4) is 0 Å². The molecule has 0 saturated heterocycles. The maximum absolute atomic E-state index is 5.99. The minimum Gasteiger partial charge on any atom is -0.327 e. The lowest BCUT2D eigenvalue weighted by molar-refractivity contribution is 0.636. The minimum absolute atomic E-state index is 0.458. The van der Waals surface area contributed by atoms with Crippen molar-refractivity contribution in [3.63, 3.8) is 0 Å². The molecule has 2 nitrogen and oxygen atoms in total. The predicted molar refractivity (Wildman–Crippen MR) is 84.6 cm³/mol. The lowest BCUT2D eigenvalue weighted by Crippen LogP contribution is -2.07. The fourth-order valence-electron chi connectivity index (χ4n) is 1.93. The van der Waals surface area contributed by atoms with E-state index in [1.165, 1.54) is 0 Å². The number of aromatic nitrogens is 2. The number of benzene rings is 1. The average molecular weight is 348 g/mol. The monoisotopic (exact) mass is 346 g/mol. The number of imidazole rings is 1. The Morgan fingerprint density at radius 2 is 2.28 bits per heavy atom. The lowest BCUT2D eigenvalue weighted by Gasteiger charge is -2.11. The molecule has 1 heterocycles. The first-order valence-electron chi connectivity index (χ1n) is 5.89. The molecule has 0 aliphatic heterocycles. The van der Waals surface area contributed by atoms with Crippen LogP contribution in [0.4, 0.5) is 0 Å². The molecule has 0 saturated carbocycles. The number of fused-ring (bicyclic) bond motifs is 1. The number of hydrogen-bond acceptors (Lipinski definition) is 2. The van der Waals surface area contributed by atoms with E-state index in [4.69, 9.17) is 11.6 Å². The van der Waals surface area contributed by atoms with Crippen LogP contribution in [0.2, 0.25) is 0 Å². The van der Waals surface area contributed by atoms with Crippen molar-refractivity contribution in [2.45, 2.75) is 31.0 Å². The van der Waals surface area contributed by atoms with E-state index >= 15 is 0 Å². The highest BCUT2D eigenvalue weighted by molar-refractivity contribution is 9.10. The summed E-state index contributed by atoms with van der Waals surface area (Å²) in [6.07, 6.45) is 3.28. The van der Waals surface area contributed by atoms with Crippen molar-refractivity contribution in [3.05, 3.63) is 28.5 Å². The highest BCUT2D eigenvalue weighted by Gasteiger charge is 2.11. The largest absolute Gasteiger partial charge is 0.327 e. The van der Waals surface area contributed by atoms with Crippen LogP contribution in [0.25, 0.3) is 11.0 Å². The van der Waals surface area contributed by atoms with E-state index in [0.29, 0.717) is 11.1 Å². The average Bonchev–Trinajstić information content (AvgIpc) is 2.73. The number of hydrogen-bond donors (Lipinski definition) is 0. The third kappa shape index (κ3) is 3.03. The van der Waals surface area contributed by atoms with Crippen molar-refractivity contribution in [1.82, 2.24) is 9.55 Å². The van der Waals surface area contributed by atoms with Gasteiger partial charge in [-0.1, -0.05) is 22.9 Å². The highest BCUT2D eigenvalue weighted by atomic mass is 79.9. The SMILES string of the molecule is CSC(C)CCn1c(CCl)nc2ccc(Br)cc21. The van der Waals surface area contributed by atoms with Gasteiger partial charge in [0.25, 0.3) is 0 Å².